The Morgan fingerprint density at radius 2 is 2.21 bits per heavy atom. The molecule has 14 heavy (non-hydrogen) atoms. The minimum absolute atomic E-state index is 0.0248. The van der Waals surface area contributed by atoms with E-state index in [4.69, 9.17) is 0 Å². The largest absolute Gasteiger partial charge is 0.348 e. The van der Waals surface area contributed by atoms with Gasteiger partial charge in [0.2, 0.25) is 5.91 Å². The van der Waals surface area contributed by atoms with Crippen LogP contribution in [0.2, 0.25) is 0 Å². The van der Waals surface area contributed by atoms with Crippen molar-refractivity contribution in [3.63, 3.8) is 0 Å². The van der Waals surface area contributed by atoms with Crippen LogP contribution in [0.25, 0.3) is 0 Å². The fourth-order valence-electron chi connectivity index (χ4n) is 0.920. The summed E-state index contributed by atoms with van der Waals surface area (Å²) < 4.78 is 25.5. The molecule has 0 fully saturated rings. The van der Waals surface area contributed by atoms with Gasteiger partial charge in [0.15, 0.2) is 0 Å². The van der Waals surface area contributed by atoms with E-state index in [-0.39, 0.29) is 12.1 Å². The Labute approximate surface area is 80.2 Å². The minimum atomic E-state index is -0.672. The van der Waals surface area contributed by atoms with Crippen molar-refractivity contribution in [2.75, 3.05) is 0 Å². The van der Waals surface area contributed by atoms with Gasteiger partial charge in [0.05, 0.1) is 0 Å². The van der Waals surface area contributed by atoms with Crippen LogP contribution in [0.4, 0.5) is 8.78 Å². The number of halogens is 2. The Hall–Kier alpha value is -1.71. The van der Waals surface area contributed by atoms with Gasteiger partial charge >= 0.3 is 0 Å². The van der Waals surface area contributed by atoms with Crippen molar-refractivity contribution < 1.29 is 13.6 Å². The second-order valence-corrected chi connectivity index (χ2v) is 2.66. The first-order valence-corrected chi connectivity index (χ1v) is 3.97. The maximum absolute atomic E-state index is 13.0. The molecule has 0 unspecified atom stereocenters. The lowest BCUT2D eigenvalue weighted by Crippen LogP contribution is -2.20. The molecule has 0 atom stereocenters. The molecule has 0 spiro atoms. The molecule has 0 radical (unpaired) electrons. The van der Waals surface area contributed by atoms with Crippen molar-refractivity contribution in [3.05, 3.63) is 48.1 Å². The summed E-state index contributed by atoms with van der Waals surface area (Å²) in [6.45, 7) is 3.27. The number of benzene rings is 1. The maximum Gasteiger partial charge on any atom is 0.243 e. The topological polar surface area (TPSA) is 29.1 Å². The number of carbonyl (C=O) groups is 1. The van der Waals surface area contributed by atoms with E-state index in [9.17, 15) is 13.6 Å². The molecule has 1 aromatic rings. The van der Waals surface area contributed by atoms with Gasteiger partial charge < -0.3 is 5.32 Å². The van der Waals surface area contributed by atoms with Crippen molar-refractivity contribution in [3.8, 4) is 0 Å². The van der Waals surface area contributed by atoms with E-state index in [1.807, 2.05) is 0 Å². The van der Waals surface area contributed by atoms with E-state index >= 15 is 0 Å². The fourth-order valence-corrected chi connectivity index (χ4v) is 0.920. The summed E-state index contributed by atoms with van der Waals surface area (Å²) in [5.74, 6) is -1.70. The van der Waals surface area contributed by atoms with Gasteiger partial charge in [-0.3, -0.25) is 4.79 Å². The lowest BCUT2D eigenvalue weighted by molar-refractivity contribution is -0.116. The first-order valence-electron chi connectivity index (χ1n) is 3.97. The predicted octanol–water partition coefficient (Wildman–Crippen LogP) is 1.77. The van der Waals surface area contributed by atoms with Crippen LogP contribution in [0, 0.1) is 11.6 Å². The smallest absolute Gasteiger partial charge is 0.243 e. The Balaban J connectivity index is 2.68. The molecule has 4 heteroatoms. The molecule has 1 amide bonds. The zero-order valence-corrected chi connectivity index (χ0v) is 7.39. The van der Waals surface area contributed by atoms with Crippen LogP contribution >= 0.6 is 0 Å². The van der Waals surface area contributed by atoms with E-state index < -0.39 is 17.5 Å². The molecule has 1 aromatic carbocycles. The van der Waals surface area contributed by atoms with E-state index in [0.717, 1.165) is 18.2 Å². The van der Waals surface area contributed by atoms with E-state index in [1.165, 1.54) is 6.07 Å². The lowest BCUT2D eigenvalue weighted by Gasteiger charge is -2.03. The van der Waals surface area contributed by atoms with Gasteiger partial charge in [-0.1, -0.05) is 12.6 Å². The van der Waals surface area contributed by atoms with Crippen molar-refractivity contribution >= 4 is 5.91 Å². The van der Waals surface area contributed by atoms with Gasteiger partial charge in [0.1, 0.15) is 11.6 Å². The molecule has 1 N–H and O–H groups in total. The summed E-state index contributed by atoms with van der Waals surface area (Å²) in [7, 11) is 0. The first kappa shape index (κ1) is 10.4. The molecule has 2 nitrogen and oxygen atoms in total. The summed E-state index contributed by atoms with van der Waals surface area (Å²) in [4.78, 5) is 10.7. The molecule has 0 bridgehead atoms. The summed E-state index contributed by atoms with van der Waals surface area (Å²) in [6.07, 6.45) is 1.08. The number of carbonyl (C=O) groups excluding carboxylic acids is 1. The Bertz CT molecular complexity index is 363. The van der Waals surface area contributed by atoms with Crippen molar-refractivity contribution in [2.45, 2.75) is 6.54 Å². The summed E-state index contributed by atoms with van der Waals surface area (Å²) in [5, 5.41) is 2.39. The molecular weight excluding hydrogens is 188 g/mol. The number of rotatable bonds is 3. The van der Waals surface area contributed by atoms with E-state index in [2.05, 4.69) is 11.9 Å². The lowest BCUT2D eigenvalue weighted by atomic mass is 10.2. The van der Waals surface area contributed by atoms with Crippen molar-refractivity contribution in [2.24, 2.45) is 0 Å². The third kappa shape index (κ3) is 2.65. The zero-order chi connectivity index (χ0) is 10.6. The molecule has 0 aliphatic heterocycles. The quantitative estimate of drug-likeness (QED) is 0.735. The van der Waals surface area contributed by atoms with Crippen molar-refractivity contribution in [1.82, 2.24) is 5.32 Å². The third-order valence-corrected chi connectivity index (χ3v) is 1.65. The van der Waals surface area contributed by atoms with Gasteiger partial charge in [0.25, 0.3) is 0 Å². The van der Waals surface area contributed by atoms with Gasteiger partial charge in [-0.2, -0.15) is 0 Å². The van der Waals surface area contributed by atoms with Crippen LogP contribution in [0.15, 0.2) is 30.9 Å². The summed E-state index contributed by atoms with van der Waals surface area (Å²) >= 11 is 0. The van der Waals surface area contributed by atoms with E-state index in [1.54, 1.807) is 0 Å². The van der Waals surface area contributed by atoms with Crippen molar-refractivity contribution in [1.29, 1.82) is 0 Å². The highest BCUT2D eigenvalue weighted by Crippen LogP contribution is 2.08. The summed E-state index contributed by atoms with van der Waals surface area (Å²) in [5.41, 5.74) is 0.238. The molecule has 0 saturated carbocycles. The second-order valence-electron chi connectivity index (χ2n) is 2.66. The standard InChI is InChI=1S/C10H9F2NO/c1-2-10(14)13-6-7-3-4-8(11)5-9(7)12/h2-5H,1,6H2,(H,13,14). The highest BCUT2D eigenvalue weighted by atomic mass is 19.1. The zero-order valence-electron chi connectivity index (χ0n) is 7.39. The van der Waals surface area contributed by atoms with Gasteiger partial charge in [-0.25, -0.2) is 8.78 Å². The second kappa shape index (κ2) is 4.50. The van der Waals surface area contributed by atoms with Gasteiger partial charge in [0, 0.05) is 18.2 Å². The monoisotopic (exact) mass is 197 g/mol. The van der Waals surface area contributed by atoms with Crippen LogP contribution in [0.5, 0.6) is 0 Å². The molecule has 0 saturated heterocycles. The third-order valence-electron chi connectivity index (χ3n) is 1.65. The van der Waals surface area contributed by atoms with Crippen LogP contribution in [0.3, 0.4) is 0 Å². The molecular formula is C10H9F2NO. The fraction of sp³-hybridized carbons (Fsp3) is 0.100. The molecule has 0 heterocycles. The Kier molecular flexibility index (Phi) is 3.34. The number of hydrogen-bond donors (Lipinski definition) is 1. The molecule has 74 valence electrons. The first-order chi connectivity index (χ1) is 6.63. The van der Waals surface area contributed by atoms with Gasteiger partial charge in [-0.15, -0.1) is 0 Å². The average Bonchev–Trinajstić information content (AvgIpc) is 2.16. The van der Waals surface area contributed by atoms with E-state index in [0.29, 0.717) is 0 Å². The van der Waals surface area contributed by atoms with Crippen LogP contribution in [0.1, 0.15) is 5.56 Å². The predicted molar refractivity (Wildman–Crippen MR) is 48.4 cm³/mol. The molecule has 1 rings (SSSR count). The number of amides is 1. The molecule has 0 aliphatic rings. The molecule has 0 aliphatic carbocycles. The Morgan fingerprint density at radius 3 is 2.79 bits per heavy atom. The van der Waals surface area contributed by atoms with Crippen LogP contribution < -0.4 is 5.32 Å². The highest BCUT2D eigenvalue weighted by Gasteiger charge is 2.03. The minimum Gasteiger partial charge on any atom is -0.348 e. The van der Waals surface area contributed by atoms with Gasteiger partial charge in [-0.05, 0) is 12.1 Å². The van der Waals surface area contributed by atoms with Crippen LogP contribution in [-0.4, -0.2) is 5.91 Å². The highest BCUT2D eigenvalue weighted by molar-refractivity contribution is 5.86. The molecule has 0 aromatic heterocycles. The maximum atomic E-state index is 13.0. The summed E-state index contributed by atoms with van der Waals surface area (Å²) in [6, 6.07) is 3.20. The Morgan fingerprint density at radius 1 is 1.50 bits per heavy atom. The number of hydrogen-bond acceptors (Lipinski definition) is 1. The SMILES string of the molecule is C=CC(=O)NCc1ccc(F)cc1F. The van der Waals surface area contributed by atoms with Crippen LogP contribution in [-0.2, 0) is 11.3 Å². The number of nitrogens with one attached hydrogen (secondary N) is 1. The normalized spacial score (nSPS) is 9.57. The average molecular weight is 197 g/mol.